The number of nitrogens with zero attached hydrogens (tertiary/aromatic N) is 5. The molecule has 1 aliphatic heterocycles. The van der Waals surface area contributed by atoms with Crippen LogP contribution >= 0.6 is 0 Å². The second-order valence-corrected chi connectivity index (χ2v) is 8.03. The molecule has 2 aromatic heterocycles. The van der Waals surface area contributed by atoms with Crippen LogP contribution in [0.3, 0.4) is 0 Å². The summed E-state index contributed by atoms with van der Waals surface area (Å²) in [7, 11) is 3.57. The van der Waals surface area contributed by atoms with Crippen LogP contribution in [0.4, 0.5) is 8.78 Å². The first kappa shape index (κ1) is 21.6. The maximum atomic E-state index is 13.4. The second kappa shape index (κ2) is 8.49. The van der Waals surface area contributed by atoms with Crippen molar-refractivity contribution in [3.8, 4) is 5.69 Å². The minimum absolute atomic E-state index is 0.0363. The van der Waals surface area contributed by atoms with E-state index in [1.54, 1.807) is 49.3 Å². The van der Waals surface area contributed by atoms with E-state index in [4.69, 9.17) is 0 Å². The number of aromatic nitrogens is 2. The molecule has 32 heavy (non-hydrogen) atoms. The minimum Gasteiger partial charge on any atom is -0.369 e. The first-order valence-electron chi connectivity index (χ1n) is 10.2. The molecule has 0 unspecified atom stereocenters. The van der Waals surface area contributed by atoms with Crippen LogP contribution in [0.2, 0.25) is 0 Å². The molecule has 0 saturated carbocycles. The zero-order chi connectivity index (χ0) is 22.9. The number of amides is 2. The summed E-state index contributed by atoms with van der Waals surface area (Å²) in [6, 6.07) is 10.5. The molecule has 166 valence electrons. The molecule has 0 bridgehead atoms. The fourth-order valence-electron chi connectivity index (χ4n) is 3.58. The van der Waals surface area contributed by atoms with Crippen molar-refractivity contribution >= 4 is 29.2 Å². The van der Waals surface area contributed by atoms with Crippen molar-refractivity contribution in [3.05, 3.63) is 59.9 Å². The van der Waals surface area contributed by atoms with Gasteiger partial charge >= 0.3 is 0 Å². The Kier molecular flexibility index (Phi) is 5.73. The van der Waals surface area contributed by atoms with Gasteiger partial charge in [0.15, 0.2) is 0 Å². The minimum atomic E-state index is -2.70. The molecular formula is C23H23F2N5O2. The SMILES string of the molecule is CN(C)C=NC(=O)c1ccc(-n2ccc3cc(C(=O)N4CCC(F)(F)CC4)cnc32)cc1. The molecule has 0 N–H and O–H groups in total. The van der Waals surface area contributed by atoms with Gasteiger partial charge in [0.1, 0.15) is 5.65 Å². The second-order valence-electron chi connectivity index (χ2n) is 8.03. The topological polar surface area (TPSA) is 70.8 Å². The largest absolute Gasteiger partial charge is 0.369 e. The molecule has 7 nitrogen and oxygen atoms in total. The molecule has 1 aromatic carbocycles. The Bertz CT molecular complexity index is 1170. The van der Waals surface area contributed by atoms with Gasteiger partial charge in [-0.1, -0.05) is 0 Å². The van der Waals surface area contributed by atoms with Gasteiger partial charge < -0.3 is 14.4 Å². The van der Waals surface area contributed by atoms with E-state index in [2.05, 4.69) is 9.98 Å². The van der Waals surface area contributed by atoms with E-state index < -0.39 is 5.92 Å². The standard InChI is InChI=1S/C23H23F2N5O2/c1-28(2)15-27-21(31)16-3-5-19(6-4-16)30-10-7-17-13-18(14-26-20(17)30)22(32)29-11-8-23(24,25)9-12-29/h3-7,10,13-15H,8-9,11-12H2,1-2H3. The summed E-state index contributed by atoms with van der Waals surface area (Å²) in [5.74, 6) is -3.32. The zero-order valence-electron chi connectivity index (χ0n) is 17.8. The average molecular weight is 439 g/mol. The molecule has 9 heteroatoms. The van der Waals surface area contributed by atoms with Gasteiger partial charge in [-0.3, -0.25) is 9.59 Å². The third kappa shape index (κ3) is 4.51. The van der Waals surface area contributed by atoms with E-state index >= 15 is 0 Å². The predicted octanol–water partition coefficient (Wildman–Crippen LogP) is 3.63. The number of fused-ring (bicyclic) bond motifs is 1. The number of alkyl halides is 2. The first-order chi connectivity index (χ1) is 15.2. The Labute approximate surface area is 184 Å². The average Bonchev–Trinajstić information content (AvgIpc) is 3.20. The third-order valence-electron chi connectivity index (χ3n) is 5.35. The molecule has 3 aromatic rings. The molecule has 0 atom stereocenters. The highest BCUT2D eigenvalue weighted by molar-refractivity contribution is 5.99. The fourth-order valence-corrected chi connectivity index (χ4v) is 3.58. The number of carbonyl (C=O) groups excluding carboxylic acids is 2. The zero-order valence-corrected chi connectivity index (χ0v) is 17.8. The van der Waals surface area contributed by atoms with Crippen molar-refractivity contribution in [2.24, 2.45) is 4.99 Å². The number of benzene rings is 1. The van der Waals surface area contributed by atoms with Crippen molar-refractivity contribution in [1.29, 1.82) is 0 Å². The van der Waals surface area contributed by atoms with Crippen molar-refractivity contribution in [3.63, 3.8) is 0 Å². The van der Waals surface area contributed by atoms with Gasteiger partial charge in [0.2, 0.25) is 0 Å². The molecule has 3 heterocycles. The fraction of sp³-hybridized carbons (Fsp3) is 0.304. The van der Waals surface area contributed by atoms with E-state index in [1.807, 2.05) is 16.8 Å². The maximum absolute atomic E-state index is 13.4. The summed E-state index contributed by atoms with van der Waals surface area (Å²) in [6.45, 7) is 0.0725. The van der Waals surface area contributed by atoms with Crippen molar-refractivity contribution in [2.75, 3.05) is 27.2 Å². The Morgan fingerprint density at radius 1 is 1.09 bits per heavy atom. The summed E-state index contributed by atoms with van der Waals surface area (Å²) in [4.78, 5) is 36.3. The number of pyridine rings is 1. The Morgan fingerprint density at radius 3 is 2.44 bits per heavy atom. The van der Waals surface area contributed by atoms with Gasteiger partial charge in [0.05, 0.1) is 11.9 Å². The summed E-state index contributed by atoms with van der Waals surface area (Å²) < 4.78 is 28.6. The molecule has 0 spiro atoms. The molecule has 1 aliphatic rings. The number of carbonyl (C=O) groups is 2. The van der Waals surface area contributed by atoms with Gasteiger partial charge in [-0.2, -0.15) is 4.99 Å². The maximum Gasteiger partial charge on any atom is 0.278 e. The third-order valence-corrected chi connectivity index (χ3v) is 5.35. The van der Waals surface area contributed by atoms with E-state index in [1.165, 1.54) is 17.4 Å². The normalized spacial score (nSPS) is 15.9. The Morgan fingerprint density at radius 2 is 1.78 bits per heavy atom. The predicted molar refractivity (Wildman–Crippen MR) is 118 cm³/mol. The smallest absolute Gasteiger partial charge is 0.278 e. The van der Waals surface area contributed by atoms with Crippen LogP contribution in [-0.2, 0) is 0 Å². The van der Waals surface area contributed by atoms with E-state index in [0.717, 1.165) is 11.1 Å². The summed E-state index contributed by atoms with van der Waals surface area (Å²) >= 11 is 0. The summed E-state index contributed by atoms with van der Waals surface area (Å²) in [5, 5.41) is 0.758. The molecule has 1 saturated heterocycles. The van der Waals surface area contributed by atoms with E-state index in [-0.39, 0.29) is 37.7 Å². The van der Waals surface area contributed by atoms with E-state index in [9.17, 15) is 18.4 Å². The Balaban J connectivity index is 1.53. The number of hydrogen-bond donors (Lipinski definition) is 0. The van der Waals surface area contributed by atoms with Gasteiger partial charge in [-0.25, -0.2) is 13.8 Å². The molecule has 1 fully saturated rings. The number of piperidine rings is 1. The first-order valence-corrected chi connectivity index (χ1v) is 10.2. The molecule has 0 radical (unpaired) electrons. The lowest BCUT2D eigenvalue weighted by molar-refractivity contribution is -0.0494. The van der Waals surface area contributed by atoms with Crippen molar-refractivity contribution < 1.29 is 18.4 Å². The van der Waals surface area contributed by atoms with E-state index in [0.29, 0.717) is 16.8 Å². The van der Waals surface area contributed by atoms with Crippen LogP contribution in [-0.4, -0.2) is 70.6 Å². The monoisotopic (exact) mass is 439 g/mol. The highest BCUT2D eigenvalue weighted by atomic mass is 19.3. The van der Waals surface area contributed by atoms with Gasteiger partial charge in [-0.05, 0) is 36.4 Å². The molecule has 4 rings (SSSR count). The summed E-state index contributed by atoms with van der Waals surface area (Å²) in [6.07, 6.45) is 4.12. The Hall–Kier alpha value is -3.62. The lowest BCUT2D eigenvalue weighted by Crippen LogP contribution is -2.42. The quantitative estimate of drug-likeness (QED) is 0.460. The lowest BCUT2D eigenvalue weighted by Gasteiger charge is -2.31. The number of halogens is 2. The van der Waals surface area contributed by atoms with Gasteiger partial charge in [0.25, 0.3) is 17.7 Å². The van der Waals surface area contributed by atoms with Gasteiger partial charge in [-0.15, -0.1) is 0 Å². The van der Waals surface area contributed by atoms with Crippen LogP contribution in [0.25, 0.3) is 16.7 Å². The van der Waals surface area contributed by atoms with Crippen LogP contribution in [0, 0.1) is 0 Å². The number of rotatable bonds is 4. The summed E-state index contributed by atoms with van der Waals surface area (Å²) in [5.41, 5.74) is 2.30. The number of likely N-dealkylation sites (tertiary alicyclic amines) is 1. The van der Waals surface area contributed by atoms with Crippen LogP contribution in [0.1, 0.15) is 33.6 Å². The van der Waals surface area contributed by atoms with Crippen LogP contribution in [0.15, 0.2) is 53.8 Å². The molecular weight excluding hydrogens is 416 g/mol. The lowest BCUT2D eigenvalue weighted by atomic mass is 10.1. The van der Waals surface area contributed by atoms with Crippen LogP contribution in [0.5, 0.6) is 0 Å². The van der Waals surface area contributed by atoms with Crippen molar-refractivity contribution in [2.45, 2.75) is 18.8 Å². The van der Waals surface area contributed by atoms with Crippen molar-refractivity contribution in [1.82, 2.24) is 19.4 Å². The molecule has 0 aliphatic carbocycles. The van der Waals surface area contributed by atoms with Gasteiger partial charge in [0, 0.05) is 69.1 Å². The highest BCUT2D eigenvalue weighted by Crippen LogP contribution is 2.29. The number of hydrogen-bond acceptors (Lipinski definition) is 3. The number of aliphatic imine (C=N–C) groups is 1. The highest BCUT2D eigenvalue weighted by Gasteiger charge is 2.35. The van der Waals surface area contributed by atoms with Crippen LogP contribution < -0.4 is 0 Å². The molecule has 2 amide bonds.